The van der Waals surface area contributed by atoms with Crippen molar-refractivity contribution < 1.29 is 18.4 Å². The predicted molar refractivity (Wildman–Crippen MR) is 82.0 cm³/mol. The van der Waals surface area contributed by atoms with Crippen LogP contribution in [0.3, 0.4) is 0 Å². The summed E-state index contributed by atoms with van der Waals surface area (Å²) in [6, 6.07) is -0.0564. The molecule has 0 aromatic carbocycles. The fourth-order valence-electron chi connectivity index (χ4n) is 1.73. The maximum Gasteiger partial charge on any atom is 0.335 e. The maximum absolute atomic E-state index is 12.7. The van der Waals surface area contributed by atoms with Crippen LogP contribution < -0.4 is 0 Å². The molecule has 0 spiro atoms. The van der Waals surface area contributed by atoms with Gasteiger partial charge in [-0.2, -0.15) is 0 Å². The summed E-state index contributed by atoms with van der Waals surface area (Å²) in [7, 11) is -1.45. The zero-order chi connectivity index (χ0) is 15.9. The summed E-state index contributed by atoms with van der Waals surface area (Å²) in [6.07, 6.45) is 2.57. The van der Waals surface area contributed by atoms with Crippen LogP contribution in [0.2, 0.25) is 0 Å². The molecule has 0 aliphatic heterocycles. The lowest BCUT2D eigenvalue weighted by Crippen LogP contribution is -2.26. The van der Waals surface area contributed by atoms with E-state index >= 15 is 0 Å². The van der Waals surface area contributed by atoms with Crippen molar-refractivity contribution in [2.24, 2.45) is 0 Å². The van der Waals surface area contributed by atoms with Gasteiger partial charge in [-0.1, -0.05) is 11.6 Å². The Balaban J connectivity index is 4.93. The van der Waals surface area contributed by atoms with E-state index in [4.69, 9.17) is 9.05 Å². The molecule has 0 bridgehead atoms. The van der Waals surface area contributed by atoms with Gasteiger partial charge in [-0.15, -0.1) is 0 Å². The number of carbonyl (C=O) groups excluding carboxylic acids is 1. The second-order valence-electron chi connectivity index (χ2n) is 5.60. The highest BCUT2D eigenvalue weighted by Crippen LogP contribution is 2.51. The number of hydrogen-bond acceptors (Lipinski definition) is 4. The smallest absolute Gasteiger partial charge is 0.335 e. The maximum atomic E-state index is 12.7. The van der Waals surface area contributed by atoms with Crippen LogP contribution in [0.25, 0.3) is 0 Å². The quantitative estimate of drug-likeness (QED) is 0.372. The van der Waals surface area contributed by atoms with E-state index in [1.165, 1.54) is 0 Å². The van der Waals surface area contributed by atoms with Gasteiger partial charge in [0.05, 0.1) is 18.4 Å². The van der Waals surface area contributed by atoms with Gasteiger partial charge in [0, 0.05) is 13.1 Å². The third-order valence-corrected chi connectivity index (χ3v) is 4.89. The molecule has 6 heteroatoms. The van der Waals surface area contributed by atoms with Crippen LogP contribution in [-0.4, -0.2) is 42.8 Å². The number of nitrogens with zero attached hydrogens (tertiary/aromatic N) is 1. The van der Waals surface area contributed by atoms with Gasteiger partial charge in [-0.3, -0.25) is 9.36 Å². The summed E-state index contributed by atoms with van der Waals surface area (Å²) in [5, 5.41) is 0. The molecule has 1 unspecified atom stereocenters. The minimum Gasteiger partial charge on any atom is -0.342 e. The number of likely N-dealkylation sites (N-methyl/N-ethyl adjacent to an activating group) is 1. The van der Waals surface area contributed by atoms with E-state index in [9.17, 15) is 9.36 Å². The second-order valence-corrected chi connectivity index (χ2v) is 7.56. The van der Waals surface area contributed by atoms with Crippen LogP contribution in [0.4, 0.5) is 0 Å². The van der Waals surface area contributed by atoms with Crippen molar-refractivity contribution in [1.29, 1.82) is 0 Å². The van der Waals surface area contributed by atoms with Gasteiger partial charge >= 0.3 is 7.60 Å². The molecular weight excluding hydrogens is 277 g/mol. The number of allylic oxidation sites excluding steroid dienone is 1. The Morgan fingerprint density at radius 1 is 1.15 bits per heavy atom. The Labute approximate surface area is 122 Å². The van der Waals surface area contributed by atoms with E-state index in [1.807, 2.05) is 47.6 Å². The van der Waals surface area contributed by atoms with E-state index in [1.54, 1.807) is 11.9 Å². The summed E-state index contributed by atoms with van der Waals surface area (Å²) in [6.45, 7) is 11.1. The molecule has 1 atom stereocenters. The minimum absolute atomic E-state index is 0.0564. The van der Waals surface area contributed by atoms with Gasteiger partial charge in [0.15, 0.2) is 0 Å². The Bertz CT molecular complexity index is 365. The first-order valence-corrected chi connectivity index (χ1v) is 8.62. The lowest BCUT2D eigenvalue weighted by molar-refractivity contribution is -0.117. The zero-order valence-corrected chi connectivity index (χ0v) is 14.5. The first-order valence-electron chi connectivity index (χ1n) is 6.90. The van der Waals surface area contributed by atoms with E-state index in [0.29, 0.717) is 0 Å². The minimum atomic E-state index is -3.16. The molecule has 0 saturated carbocycles. The summed E-state index contributed by atoms with van der Waals surface area (Å²) >= 11 is 0. The van der Waals surface area contributed by atoms with Crippen molar-refractivity contribution in [1.82, 2.24) is 4.90 Å². The number of rotatable bonds is 9. The molecule has 0 N–H and O–H groups in total. The van der Waals surface area contributed by atoms with E-state index in [2.05, 4.69) is 0 Å². The predicted octanol–water partition coefficient (Wildman–Crippen LogP) is 3.45. The summed E-state index contributed by atoms with van der Waals surface area (Å²) in [5.41, 5.74) is 0.885. The van der Waals surface area contributed by atoms with Crippen molar-refractivity contribution in [3.8, 4) is 0 Å². The first kappa shape index (κ1) is 19.4. The van der Waals surface area contributed by atoms with E-state index in [-0.39, 0.29) is 24.4 Å². The molecule has 0 heterocycles. The average Bonchev–Trinajstić information content (AvgIpc) is 2.24. The molecule has 0 aliphatic rings. The molecule has 0 rings (SSSR count). The highest BCUT2D eigenvalue weighted by Gasteiger charge is 2.28. The highest BCUT2D eigenvalue weighted by molar-refractivity contribution is 7.54. The molecule has 0 radical (unpaired) electrons. The van der Waals surface area contributed by atoms with Crippen LogP contribution in [-0.2, 0) is 18.4 Å². The normalized spacial score (nSPS) is 14.8. The molecule has 5 nitrogen and oxygen atoms in total. The van der Waals surface area contributed by atoms with Crippen molar-refractivity contribution in [2.45, 2.75) is 59.8 Å². The lowest BCUT2D eigenvalue weighted by Gasteiger charge is -2.24. The molecule has 0 saturated heterocycles. The third-order valence-electron chi connectivity index (χ3n) is 2.52. The number of hydrogen-bond donors (Lipinski definition) is 0. The van der Waals surface area contributed by atoms with Gasteiger partial charge in [0.1, 0.15) is 0 Å². The van der Waals surface area contributed by atoms with Gasteiger partial charge in [-0.25, -0.2) is 0 Å². The third kappa shape index (κ3) is 7.83. The van der Waals surface area contributed by atoms with E-state index < -0.39 is 7.60 Å². The highest BCUT2D eigenvalue weighted by atomic mass is 31.2. The topological polar surface area (TPSA) is 55.8 Å². The van der Waals surface area contributed by atoms with Gasteiger partial charge in [0.25, 0.3) is 0 Å². The summed E-state index contributed by atoms with van der Waals surface area (Å²) < 4.78 is 23.7. The Morgan fingerprint density at radius 2 is 1.60 bits per heavy atom. The standard InChI is InChI=1S/C14H28NO4P/c1-11(2)18-20(17,19-12(3)4)9-13(5)8-14(6)15(7)10-16/h8,10-12,14H,9H2,1-7H3/b13-8+. The summed E-state index contributed by atoms with van der Waals surface area (Å²) in [5.74, 6) is 0. The number of amides is 1. The van der Waals surface area contributed by atoms with Crippen LogP contribution >= 0.6 is 7.60 Å². The van der Waals surface area contributed by atoms with Crippen LogP contribution in [0.15, 0.2) is 11.6 Å². The Kier molecular flexibility index (Phi) is 8.33. The first-order chi connectivity index (χ1) is 9.09. The fraction of sp³-hybridized carbons (Fsp3) is 0.786. The van der Waals surface area contributed by atoms with Gasteiger partial charge < -0.3 is 13.9 Å². The monoisotopic (exact) mass is 305 g/mol. The SMILES string of the molecule is C/C(=C\C(C)N(C)C=O)CP(=O)(OC(C)C)OC(C)C. The zero-order valence-electron chi connectivity index (χ0n) is 13.6. The van der Waals surface area contributed by atoms with Crippen molar-refractivity contribution in [2.75, 3.05) is 13.2 Å². The largest absolute Gasteiger partial charge is 0.342 e. The Morgan fingerprint density at radius 3 is 1.95 bits per heavy atom. The van der Waals surface area contributed by atoms with Gasteiger partial charge in [-0.05, 0) is 41.5 Å². The molecule has 118 valence electrons. The summed E-state index contributed by atoms with van der Waals surface area (Å²) in [4.78, 5) is 12.2. The fourth-order valence-corrected chi connectivity index (χ4v) is 3.93. The van der Waals surface area contributed by atoms with Gasteiger partial charge in [0.2, 0.25) is 6.41 Å². The molecule has 1 amide bonds. The van der Waals surface area contributed by atoms with Crippen molar-refractivity contribution in [3.05, 3.63) is 11.6 Å². The lowest BCUT2D eigenvalue weighted by atomic mass is 10.2. The molecule has 20 heavy (non-hydrogen) atoms. The molecule has 0 aromatic heterocycles. The van der Waals surface area contributed by atoms with Crippen molar-refractivity contribution in [3.63, 3.8) is 0 Å². The second kappa shape index (κ2) is 8.60. The van der Waals surface area contributed by atoms with Crippen LogP contribution in [0, 0.1) is 0 Å². The van der Waals surface area contributed by atoms with Crippen molar-refractivity contribution >= 4 is 14.0 Å². The molecule has 0 fully saturated rings. The van der Waals surface area contributed by atoms with E-state index in [0.717, 1.165) is 12.0 Å². The molecular formula is C14H28NO4P. The average molecular weight is 305 g/mol. The molecule has 0 aliphatic carbocycles. The van der Waals surface area contributed by atoms with Crippen LogP contribution in [0.1, 0.15) is 41.5 Å². The Hall–Kier alpha value is -0.640. The molecule has 0 aromatic rings. The number of carbonyl (C=O) groups is 1. The van der Waals surface area contributed by atoms with Crippen LogP contribution in [0.5, 0.6) is 0 Å².